The standard InChI is InChI=1S/C20H13ClN2O5/c1-27-19-9-14-12-4-2-3-5-17(12)28-18(14)10-15(19)22-20(24)13-7-6-11(21)8-16(13)23(25)26/h2-10H,1H3,(H,22,24). The lowest BCUT2D eigenvalue weighted by Gasteiger charge is -2.10. The maximum Gasteiger partial charge on any atom is 0.283 e. The summed E-state index contributed by atoms with van der Waals surface area (Å²) in [4.78, 5) is 23.3. The Balaban J connectivity index is 1.78. The minimum absolute atomic E-state index is 0.110. The molecule has 0 aliphatic heterocycles. The summed E-state index contributed by atoms with van der Waals surface area (Å²) in [6.45, 7) is 0. The van der Waals surface area contributed by atoms with Crippen molar-refractivity contribution in [1.29, 1.82) is 0 Å². The SMILES string of the molecule is COc1cc2c(cc1NC(=O)c1ccc(Cl)cc1[N+](=O)[O-])oc1ccccc12. The number of fused-ring (bicyclic) bond motifs is 3. The Bertz CT molecular complexity index is 1250. The van der Waals surface area contributed by atoms with E-state index in [1.165, 1.54) is 19.2 Å². The highest BCUT2D eigenvalue weighted by molar-refractivity contribution is 6.31. The van der Waals surface area contributed by atoms with Gasteiger partial charge in [0.15, 0.2) is 0 Å². The summed E-state index contributed by atoms with van der Waals surface area (Å²) in [5, 5.41) is 15.8. The predicted octanol–water partition coefficient (Wildman–Crippen LogP) is 5.41. The lowest BCUT2D eigenvalue weighted by molar-refractivity contribution is -0.385. The van der Waals surface area contributed by atoms with E-state index >= 15 is 0 Å². The number of nitrogens with zero attached hydrogens (tertiary/aromatic N) is 1. The van der Waals surface area contributed by atoms with Crippen LogP contribution in [0.2, 0.25) is 5.02 Å². The molecule has 0 aliphatic rings. The Hall–Kier alpha value is -3.58. The highest BCUT2D eigenvalue weighted by Crippen LogP contribution is 2.36. The van der Waals surface area contributed by atoms with Crippen LogP contribution >= 0.6 is 11.6 Å². The molecule has 28 heavy (non-hydrogen) atoms. The number of rotatable bonds is 4. The second-order valence-corrected chi connectivity index (χ2v) is 6.46. The highest BCUT2D eigenvalue weighted by Gasteiger charge is 2.22. The molecule has 8 heteroatoms. The van der Waals surface area contributed by atoms with E-state index in [1.54, 1.807) is 12.1 Å². The van der Waals surface area contributed by atoms with E-state index in [1.807, 2.05) is 24.3 Å². The molecule has 0 unspecified atom stereocenters. The Morgan fingerprint density at radius 1 is 1.11 bits per heavy atom. The number of nitro groups is 1. The molecule has 1 N–H and O–H groups in total. The van der Waals surface area contributed by atoms with Gasteiger partial charge < -0.3 is 14.5 Å². The van der Waals surface area contributed by atoms with E-state index in [0.29, 0.717) is 22.6 Å². The van der Waals surface area contributed by atoms with Gasteiger partial charge in [-0.2, -0.15) is 0 Å². The van der Waals surface area contributed by atoms with Crippen LogP contribution in [0.15, 0.2) is 59.0 Å². The Labute approximate surface area is 163 Å². The molecule has 0 radical (unpaired) electrons. The first kappa shape index (κ1) is 17.8. The van der Waals surface area contributed by atoms with Crippen LogP contribution in [0.3, 0.4) is 0 Å². The first-order valence-corrected chi connectivity index (χ1v) is 8.60. The van der Waals surface area contributed by atoms with Crippen molar-refractivity contribution in [3.8, 4) is 5.75 Å². The van der Waals surface area contributed by atoms with Crippen molar-refractivity contribution in [2.45, 2.75) is 0 Å². The minimum atomic E-state index is -0.655. The first-order valence-electron chi connectivity index (χ1n) is 8.22. The summed E-state index contributed by atoms with van der Waals surface area (Å²) < 4.78 is 11.2. The van der Waals surface area contributed by atoms with E-state index in [2.05, 4.69) is 5.32 Å². The fraction of sp³-hybridized carbons (Fsp3) is 0.0500. The van der Waals surface area contributed by atoms with Crippen molar-refractivity contribution in [3.63, 3.8) is 0 Å². The van der Waals surface area contributed by atoms with Gasteiger partial charge in [0.1, 0.15) is 22.5 Å². The summed E-state index contributed by atoms with van der Waals surface area (Å²) in [7, 11) is 1.48. The van der Waals surface area contributed by atoms with Crippen LogP contribution in [-0.2, 0) is 0 Å². The Kier molecular flexibility index (Phi) is 4.37. The minimum Gasteiger partial charge on any atom is -0.495 e. The molecule has 7 nitrogen and oxygen atoms in total. The molecule has 1 heterocycles. The average Bonchev–Trinajstić information content (AvgIpc) is 3.04. The van der Waals surface area contributed by atoms with Crippen molar-refractivity contribution in [3.05, 3.63) is 75.3 Å². The lowest BCUT2D eigenvalue weighted by atomic mass is 10.1. The number of methoxy groups -OCH3 is 1. The zero-order chi connectivity index (χ0) is 19.8. The number of carbonyl (C=O) groups is 1. The molecule has 4 rings (SSSR count). The van der Waals surface area contributed by atoms with Gasteiger partial charge in [-0.25, -0.2) is 0 Å². The fourth-order valence-corrected chi connectivity index (χ4v) is 3.22. The largest absolute Gasteiger partial charge is 0.495 e. The van der Waals surface area contributed by atoms with Gasteiger partial charge in [-0.15, -0.1) is 0 Å². The number of carbonyl (C=O) groups excluding carboxylic acids is 1. The molecule has 0 atom stereocenters. The van der Waals surface area contributed by atoms with E-state index in [-0.39, 0.29) is 16.3 Å². The van der Waals surface area contributed by atoms with Crippen molar-refractivity contribution < 1.29 is 18.9 Å². The second-order valence-electron chi connectivity index (χ2n) is 6.02. The zero-order valence-corrected chi connectivity index (χ0v) is 15.3. The average molecular weight is 397 g/mol. The van der Waals surface area contributed by atoms with Crippen LogP contribution in [-0.4, -0.2) is 17.9 Å². The lowest BCUT2D eigenvalue weighted by Crippen LogP contribution is -2.14. The molecule has 1 amide bonds. The van der Waals surface area contributed by atoms with E-state index in [9.17, 15) is 14.9 Å². The molecule has 0 saturated carbocycles. The molecule has 4 aromatic rings. The molecule has 0 aliphatic carbocycles. The maximum absolute atomic E-state index is 12.7. The number of hydrogen-bond acceptors (Lipinski definition) is 5. The van der Waals surface area contributed by atoms with Gasteiger partial charge in [-0.05, 0) is 24.3 Å². The van der Waals surface area contributed by atoms with Crippen LogP contribution in [0, 0.1) is 10.1 Å². The summed E-state index contributed by atoms with van der Waals surface area (Å²) >= 11 is 5.81. The first-order chi connectivity index (χ1) is 13.5. The van der Waals surface area contributed by atoms with Crippen molar-refractivity contribution in [1.82, 2.24) is 0 Å². The normalized spacial score (nSPS) is 10.9. The smallest absolute Gasteiger partial charge is 0.283 e. The van der Waals surface area contributed by atoms with Gasteiger partial charge >= 0.3 is 0 Å². The number of benzene rings is 3. The Morgan fingerprint density at radius 2 is 1.89 bits per heavy atom. The van der Waals surface area contributed by atoms with E-state index in [0.717, 1.165) is 16.8 Å². The number of hydrogen-bond donors (Lipinski definition) is 1. The fourth-order valence-electron chi connectivity index (χ4n) is 3.06. The summed E-state index contributed by atoms with van der Waals surface area (Å²) in [6.07, 6.45) is 0. The van der Waals surface area contributed by atoms with Gasteiger partial charge in [0.05, 0.1) is 17.7 Å². The molecule has 0 bridgehead atoms. The summed E-state index contributed by atoms with van der Waals surface area (Å²) in [6, 6.07) is 14.8. The molecule has 0 fully saturated rings. The number of amides is 1. The van der Waals surface area contributed by atoms with Gasteiger partial charge in [0.2, 0.25) is 0 Å². The van der Waals surface area contributed by atoms with Crippen LogP contribution in [0.1, 0.15) is 10.4 Å². The topological polar surface area (TPSA) is 94.6 Å². The quantitative estimate of drug-likeness (QED) is 0.367. The Morgan fingerprint density at radius 3 is 2.64 bits per heavy atom. The number of nitrogens with one attached hydrogen (secondary N) is 1. The maximum atomic E-state index is 12.7. The molecule has 3 aromatic carbocycles. The van der Waals surface area contributed by atoms with Crippen molar-refractivity contribution in [2.75, 3.05) is 12.4 Å². The molecule has 0 spiro atoms. The highest BCUT2D eigenvalue weighted by atomic mass is 35.5. The van der Waals surface area contributed by atoms with Crippen molar-refractivity contribution >= 4 is 50.8 Å². The number of nitro benzene ring substituents is 1. The third-order valence-electron chi connectivity index (χ3n) is 4.35. The summed E-state index contributed by atoms with van der Waals surface area (Å²) in [5.74, 6) is -0.249. The van der Waals surface area contributed by atoms with Gasteiger partial charge in [0, 0.05) is 27.9 Å². The number of ether oxygens (including phenoxy) is 1. The monoisotopic (exact) mass is 396 g/mol. The summed E-state index contributed by atoms with van der Waals surface area (Å²) in [5.41, 5.74) is 1.11. The number of halogens is 1. The number of para-hydroxylation sites is 1. The van der Waals surface area contributed by atoms with Crippen LogP contribution < -0.4 is 10.1 Å². The molecular formula is C20H13ClN2O5. The van der Waals surface area contributed by atoms with Crippen LogP contribution in [0.25, 0.3) is 21.9 Å². The van der Waals surface area contributed by atoms with Crippen LogP contribution in [0.5, 0.6) is 5.75 Å². The van der Waals surface area contributed by atoms with Gasteiger partial charge in [-0.1, -0.05) is 29.8 Å². The molecule has 0 saturated heterocycles. The zero-order valence-electron chi connectivity index (χ0n) is 14.6. The third-order valence-corrected chi connectivity index (χ3v) is 4.58. The van der Waals surface area contributed by atoms with Gasteiger partial charge in [-0.3, -0.25) is 14.9 Å². The molecular weight excluding hydrogens is 384 g/mol. The molecule has 140 valence electrons. The molecule has 1 aromatic heterocycles. The van der Waals surface area contributed by atoms with Crippen molar-refractivity contribution in [2.24, 2.45) is 0 Å². The predicted molar refractivity (Wildman–Crippen MR) is 106 cm³/mol. The second kappa shape index (κ2) is 6.86. The number of anilines is 1. The van der Waals surface area contributed by atoms with Gasteiger partial charge in [0.25, 0.3) is 11.6 Å². The third kappa shape index (κ3) is 3.01. The number of furan rings is 1. The van der Waals surface area contributed by atoms with E-state index in [4.69, 9.17) is 20.8 Å². The van der Waals surface area contributed by atoms with E-state index < -0.39 is 10.8 Å². The van der Waals surface area contributed by atoms with Crippen LogP contribution in [0.4, 0.5) is 11.4 Å².